The Morgan fingerprint density at radius 3 is 2.69 bits per heavy atom. The highest BCUT2D eigenvalue weighted by Gasteiger charge is 2.36. The van der Waals surface area contributed by atoms with Gasteiger partial charge in [-0.1, -0.05) is 0 Å². The summed E-state index contributed by atoms with van der Waals surface area (Å²) in [4.78, 5) is 0. The molecule has 1 fully saturated rings. The second kappa shape index (κ2) is 3.74. The van der Waals surface area contributed by atoms with Crippen LogP contribution in [0.25, 0.3) is 0 Å². The molecule has 1 aliphatic rings. The maximum absolute atomic E-state index is 11.3. The first-order valence-electron chi connectivity index (χ1n) is 5.03. The van der Waals surface area contributed by atoms with E-state index in [1.807, 2.05) is 6.92 Å². The number of aliphatic hydroxyl groups excluding tert-OH is 1. The molecule has 2 rings (SSSR count). The lowest BCUT2D eigenvalue weighted by molar-refractivity contribution is 0.190. The van der Waals surface area contributed by atoms with Gasteiger partial charge < -0.3 is 10.4 Å². The van der Waals surface area contributed by atoms with Gasteiger partial charge in [-0.3, -0.25) is 4.68 Å². The van der Waals surface area contributed by atoms with Crippen molar-refractivity contribution < 1.29 is 13.5 Å². The molecule has 6 nitrogen and oxygen atoms in total. The van der Waals surface area contributed by atoms with Gasteiger partial charge in [0.05, 0.1) is 35.0 Å². The standard InChI is InChI=1S/C9H15N3O3S/c1-6-7(3-12(2)11-6)10-8-4-16(14,15)5-9(8)13/h3,8-10,13H,4-5H2,1-2H3. The first kappa shape index (κ1) is 11.4. The molecule has 0 saturated carbocycles. The number of rotatable bonds is 2. The van der Waals surface area contributed by atoms with Crippen LogP contribution >= 0.6 is 0 Å². The van der Waals surface area contributed by atoms with E-state index < -0.39 is 22.0 Å². The average molecular weight is 245 g/mol. The lowest BCUT2D eigenvalue weighted by atomic mass is 10.2. The molecule has 1 aromatic heterocycles. The van der Waals surface area contributed by atoms with Crippen LogP contribution in [-0.4, -0.2) is 47.0 Å². The number of hydrogen-bond acceptors (Lipinski definition) is 5. The summed E-state index contributed by atoms with van der Waals surface area (Å²) in [6.45, 7) is 1.83. The van der Waals surface area contributed by atoms with Crippen LogP contribution in [0.4, 0.5) is 5.69 Å². The predicted octanol–water partition coefficient (Wildman–Crippen LogP) is -0.702. The monoisotopic (exact) mass is 245 g/mol. The number of anilines is 1. The van der Waals surface area contributed by atoms with E-state index in [-0.39, 0.29) is 11.5 Å². The van der Waals surface area contributed by atoms with Gasteiger partial charge >= 0.3 is 0 Å². The molecule has 0 radical (unpaired) electrons. The Morgan fingerprint density at radius 2 is 2.25 bits per heavy atom. The molecule has 1 aromatic rings. The fourth-order valence-corrected chi connectivity index (χ4v) is 3.65. The van der Waals surface area contributed by atoms with Crippen molar-refractivity contribution in [2.24, 2.45) is 7.05 Å². The van der Waals surface area contributed by atoms with E-state index in [1.54, 1.807) is 17.9 Å². The molecule has 0 aliphatic carbocycles. The van der Waals surface area contributed by atoms with Gasteiger partial charge in [-0.15, -0.1) is 0 Å². The normalized spacial score (nSPS) is 28.2. The molecule has 2 N–H and O–H groups in total. The summed E-state index contributed by atoms with van der Waals surface area (Å²) < 4.78 is 24.3. The predicted molar refractivity (Wildman–Crippen MR) is 60.0 cm³/mol. The van der Waals surface area contributed by atoms with Crippen LogP contribution in [0.15, 0.2) is 6.20 Å². The second-order valence-electron chi connectivity index (χ2n) is 4.20. The number of aromatic nitrogens is 2. The Balaban J connectivity index is 2.14. The fraction of sp³-hybridized carbons (Fsp3) is 0.667. The largest absolute Gasteiger partial charge is 0.390 e. The Bertz CT molecular complexity index is 494. The highest BCUT2D eigenvalue weighted by molar-refractivity contribution is 7.91. The molecule has 0 amide bonds. The minimum absolute atomic E-state index is 0.0253. The van der Waals surface area contributed by atoms with Crippen LogP contribution in [-0.2, 0) is 16.9 Å². The molecule has 7 heteroatoms. The maximum atomic E-state index is 11.3. The van der Waals surface area contributed by atoms with Gasteiger partial charge in [0.15, 0.2) is 9.84 Å². The minimum atomic E-state index is -3.11. The molecule has 2 heterocycles. The van der Waals surface area contributed by atoms with Crippen molar-refractivity contribution in [1.29, 1.82) is 0 Å². The first-order valence-corrected chi connectivity index (χ1v) is 6.85. The Kier molecular flexibility index (Phi) is 2.67. The third kappa shape index (κ3) is 2.19. The zero-order valence-corrected chi connectivity index (χ0v) is 10.0. The molecule has 1 aliphatic heterocycles. The highest BCUT2D eigenvalue weighted by Crippen LogP contribution is 2.19. The molecular weight excluding hydrogens is 230 g/mol. The van der Waals surface area contributed by atoms with Crippen molar-refractivity contribution in [3.63, 3.8) is 0 Å². The number of nitrogens with zero attached hydrogens (tertiary/aromatic N) is 2. The zero-order chi connectivity index (χ0) is 11.9. The summed E-state index contributed by atoms with van der Waals surface area (Å²) >= 11 is 0. The lowest BCUT2D eigenvalue weighted by Crippen LogP contribution is -2.31. The third-order valence-electron chi connectivity index (χ3n) is 2.68. The van der Waals surface area contributed by atoms with Crippen LogP contribution in [0, 0.1) is 6.92 Å². The Labute approximate surface area is 94.2 Å². The number of sulfone groups is 1. The molecular formula is C9H15N3O3S. The third-order valence-corrected chi connectivity index (χ3v) is 4.39. The topological polar surface area (TPSA) is 84.2 Å². The summed E-state index contributed by atoms with van der Waals surface area (Å²) in [5.74, 6) is -0.188. The van der Waals surface area contributed by atoms with E-state index in [0.29, 0.717) is 0 Å². The number of nitrogens with one attached hydrogen (secondary N) is 1. The maximum Gasteiger partial charge on any atom is 0.155 e. The summed E-state index contributed by atoms with van der Waals surface area (Å²) in [5.41, 5.74) is 1.56. The summed E-state index contributed by atoms with van der Waals surface area (Å²) in [6.07, 6.45) is 0.928. The van der Waals surface area contributed by atoms with E-state index in [1.165, 1.54) is 0 Å². The van der Waals surface area contributed by atoms with Gasteiger partial charge in [0, 0.05) is 13.2 Å². The average Bonchev–Trinajstić information content (AvgIpc) is 2.54. The molecule has 90 valence electrons. The van der Waals surface area contributed by atoms with Crippen LogP contribution in [0.3, 0.4) is 0 Å². The molecule has 0 bridgehead atoms. The van der Waals surface area contributed by atoms with Crippen molar-refractivity contribution in [2.45, 2.75) is 19.1 Å². The number of hydrogen-bond donors (Lipinski definition) is 2. The van der Waals surface area contributed by atoms with Crippen LogP contribution in [0.1, 0.15) is 5.69 Å². The first-order chi connectivity index (χ1) is 7.37. The fourth-order valence-electron chi connectivity index (χ4n) is 1.91. The minimum Gasteiger partial charge on any atom is -0.390 e. The van der Waals surface area contributed by atoms with Crippen LogP contribution in [0.2, 0.25) is 0 Å². The van der Waals surface area contributed by atoms with E-state index in [9.17, 15) is 13.5 Å². The zero-order valence-electron chi connectivity index (χ0n) is 9.21. The van der Waals surface area contributed by atoms with Gasteiger partial charge in [-0.05, 0) is 6.92 Å². The Hall–Kier alpha value is -1.08. The summed E-state index contributed by atoms with van der Waals surface area (Å²) in [6, 6.07) is -0.437. The molecule has 2 atom stereocenters. The molecule has 16 heavy (non-hydrogen) atoms. The number of aliphatic hydroxyl groups is 1. The number of aryl methyl sites for hydroxylation is 2. The van der Waals surface area contributed by atoms with Crippen LogP contribution in [0.5, 0.6) is 0 Å². The summed E-state index contributed by atoms with van der Waals surface area (Å²) in [5, 5.41) is 16.8. The van der Waals surface area contributed by atoms with E-state index in [2.05, 4.69) is 10.4 Å². The van der Waals surface area contributed by atoms with Gasteiger partial charge in [-0.2, -0.15) is 5.10 Å². The van der Waals surface area contributed by atoms with Crippen LogP contribution < -0.4 is 5.32 Å². The van der Waals surface area contributed by atoms with Crippen molar-refractivity contribution in [2.75, 3.05) is 16.8 Å². The quantitative estimate of drug-likeness (QED) is 0.719. The summed E-state index contributed by atoms with van der Waals surface area (Å²) in [7, 11) is -1.32. The molecule has 0 spiro atoms. The molecule has 0 aromatic carbocycles. The van der Waals surface area contributed by atoms with E-state index >= 15 is 0 Å². The SMILES string of the molecule is Cc1nn(C)cc1NC1CS(=O)(=O)CC1O. The molecule has 2 unspecified atom stereocenters. The van der Waals surface area contributed by atoms with Gasteiger partial charge in [0.2, 0.25) is 0 Å². The second-order valence-corrected chi connectivity index (χ2v) is 6.35. The van der Waals surface area contributed by atoms with E-state index in [4.69, 9.17) is 0 Å². The van der Waals surface area contributed by atoms with E-state index in [0.717, 1.165) is 11.4 Å². The smallest absolute Gasteiger partial charge is 0.155 e. The van der Waals surface area contributed by atoms with Crippen molar-refractivity contribution in [3.8, 4) is 0 Å². The Morgan fingerprint density at radius 1 is 1.56 bits per heavy atom. The highest BCUT2D eigenvalue weighted by atomic mass is 32.2. The van der Waals surface area contributed by atoms with Crippen molar-refractivity contribution >= 4 is 15.5 Å². The van der Waals surface area contributed by atoms with Gasteiger partial charge in [-0.25, -0.2) is 8.42 Å². The van der Waals surface area contributed by atoms with Crippen molar-refractivity contribution in [3.05, 3.63) is 11.9 Å². The molecule has 1 saturated heterocycles. The van der Waals surface area contributed by atoms with Crippen molar-refractivity contribution in [1.82, 2.24) is 9.78 Å². The lowest BCUT2D eigenvalue weighted by Gasteiger charge is -2.15. The van der Waals surface area contributed by atoms with Gasteiger partial charge in [0.25, 0.3) is 0 Å². The van der Waals surface area contributed by atoms with Gasteiger partial charge in [0.1, 0.15) is 0 Å².